The molecule has 5 nitrogen and oxygen atoms in total. The lowest BCUT2D eigenvalue weighted by Gasteiger charge is -2.20. The van der Waals surface area contributed by atoms with Gasteiger partial charge >= 0.3 is 0 Å². The molecule has 1 aromatic rings. The molecule has 0 aliphatic heterocycles. The van der Waals surface area contributed by atoms with E-state index in [1.54, 1.807) is 4.57 Å². The fourth-order valence-electron chi connectivity index (χ4n) is 1.97. The number of H-pyrrole nitrogens is 1. The molecule has 0 radical (unpaired) electrons. The molecule has 0 saturated heterocycles. The number of amides is 1. The minimum absolute atomic E-state index is 0.110. The molecule has 0 spiro atoms. The summed E-state index contributed by atoms with van der Waals surface area (Å²) in [5.74, 6) is 1.07. The number of hydrogen-bond acceptors (Lipinski definition) is 3. The SMILES string of the molecule is CC(C)C(C(N)=O)n1c(C2CC2)n[nH]c1=S. The van der Waals surface area contributed by atoms with Gasteiger partial charge < -0.3 is 5.73 Å². The second-order valence-electron chi connectivity index (χ2n) is 4.62. The summed E-state index contributed by atoms with van der Waals surface area (Å²) in [6.45, 7) is 3.92. The predicted molar refractivity (Wildman–Crippen MR) is 62.5 cm³/mol. The molecular weight excluding hydrogens is 224 g/mol. The summed E-state index contributed by atoms with van der Waals surface area (Å²) < 4.78 is 2.28. The largest absolute Gasteiger partial charge is 0.368 e. The monoisotopic (exact) mass is 240 g/mol. The average molecular weight is 240 g/mol. The zero-order valence-electron chi connectivity index (χ0n) is 9.43. The first kappa shape index (κ1) is 11.3. The van der Waals surface area contributed by atoms with Gasteiger partial charge in [0.25, 0.3) is 0 Å². The maximum Gasteiger partial charge on any atom is 0.240 e. The minimum Gasteiger partial charge on any atom is -0.368 e. The molecule has 1 aliphatic rings. The molecule has 1 fully saturated rings. The van der Waals surface area contributed by atoms with Gasteiger partial charge in [0.15, 0.2) is 4.77 Å². The van der Waals surface area contributed by atoms with Crippen LogP contribution in [0.3, 0.4) is 0 Å². The second-order valence-corrected chi connectivity index (χ2v) is 5.01. The lowest BCUT2D eigenvalue weighted by atomic mass is 10.0. The highest BCUT2D eigenvalue weighted by Crippen LogP contribution is 2.40. The Morgan fingerprint density at radius 2 is 2.25 bits per heavy atom. The Hall–Kier alpha value is -1.17. The second kappa shape index (κ2) is 4.01. The van der Waals surface area contributed by atoms with Gasteiger partial charge in [0.2, 0.25) is 5.91 Å². The van der Waals surface area contributed by atoms with Crippen LogP contribution in [0.4, 0.5) is 0 Å². The maximum absolute atomic E-state index is 11.5. The number of carbonyl (C=O) groups is 1. The summed E-state index contributed by atoms with van der Waals surface area (Å²) in [5.41, 5.74) is 5.44. The topological polar surface area (TPSA) is 76.7 Å². The Balaban J connectivity index is 2.47. The van der Waals surface area contributed by atoms with Gasteiger partial charge in [-0.15, -0.1) is 0 Å². The van der Waals surface area contributed by atoms with Crippen molar-refractivity contribution >= 4 is 18.1 Å². The first-order valence-electron chi connectivity index (χ1n) is 5.48. The molecular formula is C10H16N4OS. The average Bonchev–Trinajstić information content (AvgIpc) is 2.94. The van der Waals surface area contributed by atoms with Crippen LogP contribution in [-0.2, 0) is 4.79 Å². The summed E-state index contributed by atoms with van der Waals surface area (Å²) in [4.78, 5) is 11.5. The number of primary amides is 1. The Bertz CT molecular complexity index is 458. The van der Waals surface area contributed by atoms with Crippen molar-refractivity contribution in [2.75, 3.05) is 0 Å². The summed E-state index contributed by atoms with van der Waals surface area (Å²) in [6, 6.07) is -0.401. The highest BCUT2D eigenvalue weighted by molar-refractivity contribution is 7.71. The Kier molecular flexibility index (Phi) is 2.84. The molecule has 1 atom stereocenters. The first-order chi connectivity index (χ1) is 7.52. The molecule has 0 aromatic carbocycles. The number of rotatable bonds is 4. The Labute approximate surface area is 99.0 Å². The molecule has 88 valence electrons. The third-order valence-electron chi connectivity index (χ3n) is 2.88. The number of carbonyl (C=O) groups excluding carboxylic acids is 1. The van der Waals surface area contributed by atoms with Crippen molar-refractivity contribution in [3.05, 3.63) is 10.6 Å². The van der Waals surface area contributed by atoms with Gasteiger partial charge in [0.05, 0.1) is 0 Å². The van der Waals surface area contributed by atoms with Gasteiger partial charge in [-0.3, -0.25) is 14.5 Å². The van der Waals surface area contributed by atoms with Crippen molar-refractivity contribution in [3.63, 3.8) is 0 Å². The molecule has 1 saturated carbocycles. The van der Waals surface area contributed by atoms with E-state index in [2.05, 4.69) is 10.2 Å². The van der Waals surface area contributed by atoms with Crippen LogP contribution in [0, 0.1) is 10.7 Å². The molecule has 0 bridgehead atoms. The van der Waals surface area contributed by atoms with E-state index < -0.39 is 6.04 Å². The van der Waals surface area contributed by atoms with E-state index in [0.717, 1.165) is 18.7 Å². The lowest BCUT2D eigenvalue weighted by molar-refractivity contribution is -0.122. The number of nitrogens with zero attached hydrogens (tertiary/aromatic N) is 2. The quantitative estimate of drug-likeness (QED) is 0.783. The van der Waals surface area contributed by atoms with Gasteiger partial charge in [0, 0.05) is 5.92 Å². The standard InChI is InChI=1S/C10H16N4OS/c1-5(2)7(8(11)15)14-9(6-3-4-6)12-13-10(14)16/h5-7H,3-4H2,1-2H3,(H2,11,15)(H,13,16). The van der Waals surface area contributed by atoms with Gasteiger partial charge in [-0.1, -0.05) is 13.8 Å². The minimum atomic E-state index is -0.401. The fourth-order valence-corrected chi connectivity index (χ4v) is 2.22. The predicted octanol–water partition coefficient (Wildman–Crippen LogP) is 1.50. The molecule has 6 heteroatoms. The van der Waals surface area contributed by atoms with Crippen LogP contribution in [0.25, 0.3) is 0 Å². The number of aromatic amines is 1. The van der Waals surface area contributed by atoms with Crippen LogP contribution in [-0.4, -0.2) is 20.7 Å². The third-order valence-corrected chi connectivity index (χ3v) is 3.16. The van der Waals surface area contributed by atoms with E-state index in [-0.39, 0.29) is 11.8 Å². The van der Waals surface area contributed by atoms with Crippen molar-refractivity contribution in [1.82, 2.24) is 14.8 Å². The highest BCUT2D eigenvalue weighted by Gasteiger charge is 2.33. The van der Waals surface area contributed by atoms with Gasteiger partial charge in [-0.05, 0) is 31.0 Å². The molecule has 1 unspecified atom stereocenters. The highest BCUT2D eigenvalue weighted by atomic mass is 32.1. The summed E-state index contributed by atoms with van der Waals surface area (Å²) in [5, 5.41) is 6.96. The molecule has 1 amide bonds. The van der Waals surface area contributed by atoms with Gasteiger partial charge in [-0.2, -0.15) is 5.10 Å². The Morgan fingerprint density at radius 3 is 2.69 bits per heavy atom. The van der Waals surface area contributed by atoms with Crippen molar-refractivity contribution in [2.45, 2.75) is 38.6 Å². The number of nitrogens with two attached hydrogens (primary N) is 1. The van der Waals surface area contributed by atoms with Crippen LogP contribution >= 0.6 is 12.2 Å². The van der Waals surface area contributed by atoms with Crippen molar-refractivity contribution in [2.24, 2.45) is 11.7 Å². The molecule has 1 heterocycles. The van der Waals surface area contributed by atoms with E-state index in [9.17, 15) is 4.79 Å². The van der Waals surface area contributed by atoms with Crippen molar-refractivity contribution in [1.29, 1.82) is 0 Å². The van der Waals surface area contributed by atoms with Crippen LogP contribution < -0.4 is 5.73 Å². The van der Waals surface area contributed by atoms with Crippen molar-refractivity contribution < 1.29 is 4.79 Å². The van der Waals surface area contributed by atoms with Crippen LogP contribution in [0.2, 0.25) is 0 Å². The Morgan fingerprint density at radius 1 is 1.62 bits per heavy atom. The normalized spacial score (nSPS) is 17.7. The smallest absolute Gasteiger partial charge is 0.240 e. The molecule has 2 rings (SSSR count). The van der Waals surface area contributed by atoms with E-state index in [1.165, 1.54) is 0 Å². The summed E-state index contributed by atoms with van der Waals surface area (Å²) in [7, 11) is 0. The molecule has 1 aromatic heterocycles. The molecule has 16 heavy (non-hydrogen) atoms. The summed E-state index contributed by atoms with van der Waals surface area (Å²) >= 11 is 5.17. The third kappa shape index (κ3) is 1.89. The first-order valence-corrected chi connectivity index (χ1v) is 5.89. The fraction of sp³-hybridized carbons (Fsp3) is 0.700. The van der Waals surface area contributed by atoms with Crippen LogP contribution in [0.5, 0.6) is 0 Å². The zero-order valence-corrected chi connectivity index (χ0v) is 10.3. The molecule has 1 aliphatic carbocycles. The van der Waals surface area contributed by atoms with E-state index in [4.69, 9.17) is 18.0 Å². The van der Waals surface area contributed by atoms with Crippen LogP contribution in [0.15, 0.2) is 0 Å². The van der Waals surface area contributed by atoms with E-state index in [1.807, 2.05) is 13.8 Å². The number of nitrogens with one attached hydrogen (secondary N) is 1. The zero-order chi connectivity index (χ0) is 11.9. The lowest BCUT2D eigenvalue weighted by Crippen LogP contribution is -2.31. The van der Waals surface area contributed by atoms with Crippen LogP contribution in [0.1, 0.15) is 44.5 Å². The number of aromatic nitrogens is 3. The van der Waals surface area contributed by atoms with Gasteiger partial charge in [0.1, 0.15) is 11.9 Å². The number of hydrogen-bond donors (Lipinski definition) is 2. The van der Waals surface area contributed by atoms with Gasteiger partial charge in [-0.25, -0.2) is 0 Å². The molecule has 3 N–H and O–H groups in total. The van der Waals surface area contributed by atoms with E-state index in [0.29, 0.717) is 10.7 Å². The van der Waals surface area contributed by atoms with E-state index >= 15 is 0 Å². The maximum atomic E-state index is 11.5. The summed E-state index contributed by atoms with van der Waals surface area (Å²) in [6.07, 6.45) is 2.23. The van der Waals surface area contributed by atoms with Crippen molar-refractivity contribution in [3.8, 4) is 0 Å².